The third kappa shape index (κ3) is 2.33. The SMILES string of the molecule is C=C(C)Cn1c(=O)c2c(nc3n(-c4ccccc4O)c(C)cn23)n(C)c1=O. The minimum atomic E-state index is -0.443. The van der Waals surface area contributed by atoms with E-state index in [0.29, 0.717) is 28.2 Å². The zero-order valence-corrected chi connectivity index (χ0v) is 15.3. The lowest BCUT2D eigenvalue weighted by molar-refractivity contribution is 0.472. The second-order valence-corrected chi connectivity index (χ2v) is 6.74. The third-order valence-electron chi connectivity index (χ3n) is 4.58. The van der Waals surface area contributed by atoms with Gasteiger partial charge in [0.05, 0.1) is 12.2 Å². The van der Waals surface area contributed by atoms with Gasteiger partial charge in [0.1, 0.15) is 5.75 Å². The van der Waals surface area contributed by atoms with Gasteiger partial charge >= 0.3 is 5.69 Å². The Bertz CT molecular complexity index is 1350. The average Bonchev–Trinajstić information content (AvgIpc) is 3.12. The van der Waals surface area contributed by atoms with Gasteiger partial charge < -0.3 is 5.11 Å². The van der Waals surface area contributed by atoms with E-state index in [2.05, 4.69) is 11.6 Å². The maximum absolute atomic E-state index is 13.0. The van der Waals surface area contributed by atoms with Gasteiger partial charge in [-0.2, -0.15) is 4.98 Å². The van der Waals surface area contributed by atoms with Crippen LogP contribution < -0.4 is 11.2 Å². The largest absolute Gasteiger partial charge is 0.506 e. The molecule has 0 amide bonds. The molecule has 0 saturated heterocycles. The van der Waals surface area contributed by atoms with Gasteiger partial charge in [-0.25, -0.2) is 4.79 Å². The normalized spacial score (nSPS) is 11.5. The minimum Gasteiger partial charge on any atom is -0.506 e. The number of imidazole rings is 2. The first-order valence-electron chi connectivity index (χ1n) is 8.44. The number of hydrogen-bond acceptors (Lipinski definition) is 4. The van der Waals surface area contributed by atoms with Gasteiger partial charge in [0.2, 0.25) is 5.78 Å². The summed E-state index contributed by atoms with van der Waals surface area (Å²) in [5.74, 6) is 0.545. The molecule has 1 N–H and O–H groups in total. The van der Waals surface area contributed by atoms with Crippen molar-refractivity contribution in [2.45, 2.75) is 20.4 Å². The lowest BCUT2D eigenvalue weighted by Gasteiger charge is -2.08. The number of rotatable bonds is 3. The van der Waals surface area contributed by atoms with Gasteiger partial charge in [-0.15, -0.1) is 0 Å². The van der Waals surface area contributed by atoms with E-state index in [1.165, 1.54) is 4.57 Å². The van der Waals surface area contributed by atoms with Crippen molar-refractivity contribution in [1.82, 2.24) is 23.1 Å². The number of hydrogen-bond donors (Lipinski definition) is 1. The molecule has 0 fully saturated rings. The molecule has 4 rings (SSSR count). The second-order valence-electron chi connectivity index (χ2n) is 6.74. The molecule has 0 bridgehead atoms. The molecular weight excluding hydrogens is 346 g/mol. The fourth-order valence-corrected chi connectivity index (χ4v) is 3.37. The first-order chi connectivity index (χ1) is 12.8. The van der Waals surface area contributed by atoms with E-state index in [9.17, 15) is 14.7 Å². The first kappa shape index (κ1) is 16.9. The van der Waals surface area contributed by atoms with Crippen molar-refractivity contribution in [3.63, 3.8) is 0 Å². The molecule has 8 nitrogen and oxygen atoms in total. The highest BCUT2D eigenvalue weighted by atomic mass is 16.3. The summed E-state index contributed by atoms with van der Waals surface area (Å²) in [4.78, 5) is 30.2. The standard InChI is InChI=1S/C19H19N5O3/c1-11(2)9-23-17(26)15-16(21(4)19(23)27)20-18-22(15)10-12(3)24(18)13-7-5-6-8-14(13)25/h5-8,10,25H,1,9H2,2-4H3. The van der Waals surface area contributed by atoms with Crippen LogP contribution in [0.5, 0.6) is 5.75 Å². The molecule has 138 valence electrons. The quantitative estimate of drug-likeness (QED) is 0.560. The van der Waals surface area contributed by atoms with Gasteiger partial charge in [0.15, 0.2) is 11.2 Å². The molecule has 3 heterocycles. The maximum Gasteiger partial charge on any atom is 0.332 e. The molecule has 27 heavy (non-hydrogen) atoms. The van der Waals surface area contributed by atoms with E-state index in [-0.39, 0.29) is 12.3 Å². The lowest BCUT2D eigenvalue weighted by Crippen LogP contribution is -2.39. The molecule has 4 aromatic rings. The summed E-state index contributed by atoms with van der Waals surface area (Å²) in [6.45, 7) is 7.57. The third-order valence-corrected chi connectivity index (χ3v) is 4.58. The monoisotopic (exact) mass is 365 g/mol. The highest BCUT2D eigenvalue weighted by molar-refractivity contribution is 5.76. The van der Waals surface area contributed by atoms with Crippen LogP contribution in [0.15, 0.2) is 52.2 Å². The minimum absolute atomic E-state index is 0.0966. The molecule has 0 aliphatic carbocycles. The number of phenols is 1. The predicted molar refractivity (Wildman–Crippen MR) is 103 cm³/mol. The van der Waals surface area contributed by atoms with Crippen LogP contribution in [-0.2, 0) is 13.6 Å². The number of phenolic OH excluding ortho intramolecular Hbond substituents is 1. The van der Waals surface area contributed by atoms with Crippen LogP contribution >= 0.6 is 0 Å². The van der Waals surface area contributed by atoms with Crippen LogP contribution in [0.2, 0.25) is 0 Å². The fraction of sp³-hybridized carbons (Fsp3) is 0.211. The Morgan fingerprint density at radius 2 is 1.96 bits per heavy atom. The van der Waals surface area contributed by atoms with E-state index in [1.54, 1.807) is 47.3 Å². The molecule has 0 radical (unpaired) electrons. The Hall–Kier alpha value is -3.55. The molecule has 0 atom stereocenters. The van der Waals surface area contributed by atoms with Crippen LogP contribution in [0, 0.1) is 6.92 Å². The Balaban J connectivity index is 2.16. The molecule has 3 aromatic heterocycles. The Kier molecular flexibility index (Phi) is 3.59. The summed E-state index contributed by atoms with van der Waals surface area (Å²) < 4.78 is 5.93. The van der Waals surface area contributed by atoms with E-state index >= 15 is 0 Å². The maximum atomic E-state index is 13.0. The van der Waals surface area contributed by atoms with Crippen molar-refractivity contribution in [2.75, 3.05) is 0 Å². The van der Waals surface area contributed by atoms with Crippen molar-refractivity contribution in [1.29, 1.82) is 0 Å². The highest BCUT2D eigenvalue weighted by Crippen LogP contribution is 2.26. The van der Waals surface area contributed by atoms with Gasteiger partial charge in [-0.05, 0) is 26.0 Å². The molecular formula is C19H19N5O3. The van der Waals surface area contributed by atoms with Gasteiger partial charge in [-0.1, -0.05) is 24.3 Å². The Labute approximate surface area is 153 Å². The fourth-order valence-electron chi connectivity index (χ4n) is 3.37. The Morgan fingerprint density at radius 3 is 2.63 bits per heavy atom. The summed E-state index contributed by atoms with van der Waals surface area (Å²) in [6.07, 6.45) is 1.77. The lowest BCUT2D eigenvalue weighted by atomic mass is 10.3. The summed E-state index contributed by atoms with van der Waals surface area (Å²) in [5.41, 5.74) is 1.79. The van der Waals surface area contributed by atoms with Crippen LogP contribution in [0.1, 0.15) is 12.6 Å². The summed E-state index contributed by atoms with van der Waals surface area (Å²) in [7, 11) is 1.59. The molecule has 0 unspecified atom stereocenters. The van der Waals surface area contributed by atoms with Gasteiger partial charge in [0, 0.05) is 18.9 Å². The van der Waals surface area contributed by atoms with Crippen LogP contribution in [0.3, 0.4) is 0 Å². The number of aromatic hydroxyl groups is 1. The van der Waals surface area contributed by atoms with Crippen LogP contribution in [0.25, 0.3) is 22.6 Å². The van der Waals surface area contributed by atoms with Crippen molar-refractivity contribution in [3.05, 3.63) is 69.1 Å². The number of aryl methyl sites for hydroxylation is 2. The van der Waals surface area contributed by atoms with Crippen molar-refractivity contribution in [3.8, 4) is 11.4 Å². The van der Waals surface area contributed by atoms with Gasteiger partial charge in [0.25, 0.3) is 5.56 Å². The van der Waals surface area contributed by atoms with E-state index in [4.69, 9.17) is 0 Å². The zero-order chi connectivity index (χ0) is 19.5. The first-order valence-corrected chi connectivity index (χ1v) is 8.44. The smallest absolute Gasteiger partial charge is 0.332 e. The second kappa shape index (κ2) is 5.73. The molecule has 8 heteroatoms. The molecule has 0 saturated carbocycles. The number of benzene rings is 1. The molecule has 0 spiro atoms. The van der Waals surface area contributed by atoms with E-state index in [0.717, 1.165) is 10.3 Å². The van der Waals surface area contributed by atoms with Crippen molar-refractivity contribution in [2.24, 2.45) is 7.05 Å². The van der Waals surface area contributed by atoms with Crippen LogP contribution in [0.4, 0.5) is 0 Å². The number of fused-ring (bicyclic) bond motifs is 3. The summed E-state index contributed by atoms with van der Waals surface area (Å²) in [6, 6.07) is 6.89. The van der Waals surface area contributed by atoms with E-state index < -0.39 is 11.2 Å². The Morgan fingerprint density at radius 1 is 1.26 bits per heavy atom. The average molecular weight is 365 g/mol. The topological polar surface area (TPSA) is 86.5 Å². The highest BCUT2D eigenvalue weighted by Gasteiger charge is 2.21. The number of nitrogens with zero attached hydrogens (tertiary/aromatic N) is 5. The summed E-state index contributed by atoms with van der Waals surface area (Å²) >= 11 is 0. The number of para-hydroxylation sites is 2. The molecule has 0 aliphatic rings. The summed E-state index contributed by atoms with van der Waals surface area (Å²) in [5, 5.41) is 10.2. The number of aromatic nitrogens is 5. The molecule has 1 aromatic carbocycles. The van der Waals surface area contributed by atoms with Gasteiger partial charge in [-0.3, -0.25) is 22.9 Å². The number of allylic oxidation sites excluding steroid dienone is 1. The zero-order valence-electron chi connectivity index (χ0n) is 15.3. The molecule has 0 aliphatic heterocycles. The van der Waals surface area contributed by atoms with E-state index in [1.807, 2.05) is 13.0 Å². The van der Waals surface area contributed by atoms with Crippen molar-refractivity contribution >= 4 is 16.9 Å². The van der Waals surface area contributed by atoms with Crippen molar-refractivity contribution < 1.29 is 5.11 Å². The predicted octanol–water partition coefficient (Wildman–Crippen LogP) is 1.73. The van der Waals surface area contributed by atoms with Crippen LogP contribution in [-0.4, -0.2) is 28.2 Å².